The highest BCUT2D eigenvalue weighted by Gasteiger charge is 2.35. The minimum atomic E-state index is -0.387. The molecule has 1 unspecified atom stereocenters. The van der Waals surface area contributed by atoms with Crippen molar-refractivity contribution < 1.29 is 14.5 Å². The molecule has 1 aromatic carbocycles. The topological polar surface area (TPSA) is 72.7 Å². The van der Waals surface area contributed by atoms with Crippen LogP contribution in [0.3, 0.4) is 0 Å². The second-order valence-corrected chi connectivity index (χ2v) is 6.13. The van der Waals surface area contributed by atoms with Crippen LogP contribution in [0.4, 0.5) is 11.4 Å². The molecule has 0 N–H and O–H groups in total. The van der Waals surface area contributed by atoms with Gasteiger partial charge in [-0.1, -0.05) is 0 Å². The number of Topliss-reactive ketones (excluding diaryl/α,β-unsaturated/α-hetero) is 1. The molecular weight excluding hydrogens is 284 g/mol. The number of nitro groups is 1. The van der Waals surface area contributed by atoms with Crippen LogP contribution in [-0.4, -0.2) is 36.5 Å². The minimum absolute atomic E-state index is 0.0264. The largest absolute Gasteiger partial charge is 0.381 e. The lowest BCUT2D eigenvalue weighted by Gasteiger charge is -2.27. The van der Waals surface area contributed by atoms with Gasteiger partial charge >= 0.3 is 0 Å². The first-order valence-electron chi connectivity index (χ1n) is 7.70. The number of rotatable bonds is 6. The summed E-state index contributed by atoms with van der Waals surface area (Å²) in [6.45, 7) is 3.70. The number of hydrogen-bond donors (Lipinski definition) is 0. The molecule has 1 aliphatic heterocycles. The van der Waals surface area contributed by atoms with Gasteiger partial charge in [0.1, 0.15) is 5.69 Å². The van der Waals surface area contributed by atoms with Gasteiger partial charge < -0.3 is 9.64 Å². The standard InChI is InChI=1S/C16H20N2O4/c1-11(19)13-2-5-15(16(8-13)18(20)21)17(14-3-4-14)9-12-6-7-22-10-12/h2,5,8,12,14H,3-4,6-7,9-10H2,1H3. The number of benzene rings is 1. The van der Waals surface area contributed by atoms with Gasteiger partial charge in [0.05, 0.1) is 11.5 Å². The average molecular weight is 304 g/mol. The van der Waals surface area contributed by atoms with Gasteiger partial charge in [-0.05, 0) is 38.3 Å². The third-order valence-corrected chi connectivity index (χ3v) is 4.35. The van der Waals surface area contributed by atoms with Gasteiger partial charge in [0.2, 0.25) is 0 Å². The van der Waals surface area contributed by atoms with Crippen LogP contribution in [0.1, 0.15) is 36.5 Å². The number of carbonyl (C=O) groups excluding carboxylic acids is 1. The predicted molar refractivity (Wildman–Crippen MR) is 82.4 cm³/mol. The summed E-state index contributed by atoms with van der Waals surface area (Å²) in [7, 11) is 0. The van der Waals surface area contributed by atoms with Crippen LogP contribution in [0.25, 0.3) is 0 Å². The van der Waals surface area contributed by atoms with Gasteiger partial charge in [-0.3, -0.25) is 14.9 Å². The molecule has 6 heteroatoms. The monoisotopic (exact) mass is 304 g/mol. The highest BCUT2D eigenvalue weighted by atomic mass is 16.6. The number of anilines is 1. The van der Waals surface area contributed by atoms with Gasteiger partial charge in [0.25, 0.3) is 5.69 Å². The SMILES string of the molecule is CC(=O)c1ccc(N(CC2CCOC2)C2CC2)c([N+](=O)[O-])c1. The number of hydrogen-bond acceptors (Lipinski definition) is 5. The molecule has 1 aromatic rings. The maximum Gasteiger partial charge on any atom is 0.293 e. The molecule has 1 saturated heterocycles. The van der Waals surface area contributed by atoms with Gasteiger partial charge in [-0.15, -0.1) is 0 Å². The van der Waals surface area contributed by atoms with E-state index in [0.29, 0.717) is 23.2 Å². The van der Waals surface area contributed by atoms with Crippen molar-refractivity contribution in [3.8, 4) is 0 Å². The molecule has 1 aliphatic carbocycles. The molecular formula is C16H20N2O4. The Hall–Kier alpha value is -1.95. The molecule has 6 nitrogen and oxygen atoms in total. The Labute approximate surface area is 129 Å². The molecule has 0 spiro atoms. The van der Waals surface area contributed by atoms with E-state index in [1.807, 2.05) is 0 Å². The summed E-state index contributed by atoms with van der Waals surface area (Å²) < 4.78 is 5.42. The molecule has 0 amide bonds. The quantitative estimate of drug-likeness (QED) is 0.459. The fourth-order valence-electron chi connectivity index (χ4n) is 2.97. The van der Waals surface area contributed by atoms with E-state index in [4.69, 9.17) is 4.74 Å². The Morgan fingerprint density at radius 2 is 2.18 bits per heavy atom. The van der Waals surface area contributed by atoms with Gasteiger partial charge in [-0.25, -0.2) is 0 Å². The van der Waals surface area contributed by atoms with E-state index in [0.717, 1.165) is 39.0 Å². The van der Waals surface area contributed by atoms with E-state index >= 15 is 0 Å². The van der Waals surface area contributed by atoms with Crippen LogP contribution in [-0.2, 0) is 4.74 Å². The molecule has 0 radical (unpaired) electrons. The molecule has 1 heterocycles. The second kappa shape index (κ2) is 6.04. The minimum Gasteiger partial charge on any atom is -0.381 e. The zero-order valence-corrected chi connectivity index (χ0v) is 12.7. The molecule has 3 rings (SSSR count). The van der Waals surface area contributed by atoms with E-state index in [2.05, 4.69) is 4.90 Å². The summed E-state index contributed by atoms with van der Waals surface area (Å²) in [5.41, 5.74) is 1.04. The summed E-state index contributed by atoms with van der Waals surface area (Å²) in [4.78, 5) is 24.7. The second-order valence-electron chi connectivity index (χ2n) is 6.13. The van der Waals surface area contributed by atoms with E-state index in [1.54, 1.807) is 12.1 Å². The van der Waals surface area contributed by atoms with E-state index in [-0.39, 0.29) is 16.4 Å². The molecule has 22 heavy (non-hydrogen) atoms. The number of ketones is 1. The molecule has 1 saturated carbocycles. The van der Waals surface area contributed by atoms with Crippen molar-refractivity contribution in [1.82, 2.24) is 0 Å². The Morgan fingerprint density at radius 1 is 1.41 bits per heavy atom. The molecule has 2 aliphatic rings. The van der Waals surface area contributed by atoms with Crippen LogP contribution in [0.5, 0.6) is 0 Å². The molecule has 1 atom stereocenters. The molecule has 118 valence electrons. The maximum atomic E-state index is 11.5. The first-order valence-corrected chi connectivity index (χ1v) is 7.70. The van der Waals surface area contributed by atoms with Gasteiger partial charge in [0, 0.05) is 36.7 Å². The van der Waals surface area contributed by atoms with Crippen molar-refractivity contribution in [3.05, 3.63) is 33.9 Å². The van der Waals surface area contributed by atoms with Crippen LogP contribution in [0.2, 0.25) is 0 Å². The number of ether oxygens (including phenoxy) is 1. The van der Waals surface area contributed by atoms with Crippen molar-refractivity contribution in [2.45, 2.75) is 32.2 Å². The summed E-state index contributed by atoms with van der Waals surface area (Å²) in [6.07, 6.45) is 3.14. The highest BCUT2D eigenvalue weighted by Crippen LogP contribution is 2.38. The lowest BCUT2D eigenvalue weighted by Crippen LogP contribution is -2.32. The third kappa shape index (κ3) is 3.11. The normalized spacial score (nSPS) is 20.9. The zero-order valence-electron chi connectivity index (χ0n) is 12.7. The van der Waals surface area contributed by atoms with E-state index < -0.39 is 0 Å². The molecule has 2 fully saturated rings. The number of nitrogens with zero attached hydrogens (tertiary/aromatic N) is 2. The van der Waals surface area contributed by atoms with E-state index in [1.165, 1.54) is 13.0 Å². The average Bonchev–Trinajstić information content (AvgIpc) is 3.20. The Balaban J connectivity index is 1.92. The predicted octanol–water partition coefficient (Wildman–Crippen LogP) is 2.80. The Morgan fingerprint density at radius 3 is 2.73 bits per heavy atom. The van der Waals surface area contributed by atoms with Crippen LogP contribution >= 0.6 is 0 Å². The first kappa shape index (κ1) is 15.0. The number of carbonyl (C=O) groups is 1. The fourth-order valence-corrected chi connectivity index (χ4v) is 2.97. The van der Waals surface area contributed by atoms with Crippen molar-refractivity contribution in [3.63, 3.8) is 0 Å². The van der Waals surface area contributed by atoms with Crippen molar-refractivity contribution in [1.29, 1.82) is 0 Å². The number of nitro benzene ring substituents is 1. The summed E-state index contributed by atoms with van der Waals surface area (Å²) in [6, 6.07) is 5.19. The molecule has 0 aromatic heterocycles. The van der Waals surface area contributed by atoms with Crippen molar-refractivity contribution in [2.75, 3.05) is 24.7 Å². The van der Waals surface area contributed by atoms with Crippen LogP contribution in [0.15, 0.2) is 18.2 Å². The van der Waals surface area contributed by atoms with Crippen molar-refractivity contribution >= 4 is 17.2 Å². The Kier molecular flexibility index (Phi) is 4.11. The van der Waals surface area contributed by atoms with Gasteiger partial charge in [0.15, 0.2) is 5.78 Å². The smallest absolute Gasteiger partial charge is 0.293 e. The third-order valence-electron chi connectivity index (χ3n) is 4.35. The summed E-state index contributed by atoms with van der Waals surface area (Å²) in [5.74, 6) is 0.268. The van der Waals surface area contributed by atoms with Gasteiger partial charge in [-0.2, -0.15) is 0 Å². The van der Waals surface area contributed by atoms with Crippen LogP contribution in [0, 0.1) is 16.0 Å². The maximum absolute atomic E-state index is 11.5. The fraction of sp³-hybridized carbons (Fsp3) is 0.562. The van der Waals surface area contributed by atoms with Crippen LogP contribution < -0.4 is 4.90 Å². The highest BCUT2D eigenvalue weighted by molar-refractivity contribution is 5.95. The first-order chi connectivity index (χ1) is 10.6. The van der Waals surface area contributed by atoms with Crippen molar-refractivity contribution in [2.24, 2.45) is 5.92 Å². The summed E-state index contributed by atoms with van der Waals surface area (Å²) in [5, 5.41) is 11.4. The van der Waals surface area contributed by atoms with E-state index in [9.17, 15) is 14.9 Å². The summed E-state index contributed by atoms with van der Waals surface area (Å²) >= 11 is 0. The zero-order chi connectivity index (χ0) is 15.7. The Bertz CT molecular complexity index is 592. The molecule has 0 bridgehead atoms. The lowest BCUT2D eigenvalue weighted by atomic mass is 10.1. The lowest BCUT2D eigenvalue weighted by molar-refractivity contribution is -0.384.